The van der Waals surface area contributed by atoms with Crippen LogP contribution in [0.3, 0.4) is 0 Å². The van der Waals surface area contributed by atoms with Gasteiger partial charge in [0, 0.05) is 45.4 Å². The van der Waals surface area contributed by atoms with Crippen LogP contribution in [0.1, 0.15) is 33.1 Å². The largest absolute Gasteiger partial charge is 0.368 e. The van der Waals surface area contributed by atoms with Crippen LogP contribution >= 0.6 is 0 Å². The average Bonchev–Trinajstić information content (AvgIpc) is 3.22. The molecule has 1 spiro atoms. The third kappa shape index (κ3) is 2.86. The van der Waals surface area contributed by atoms with E-state index >= 15 is 0 Å². The van der Waals surface area contributed by atoms with Gasteiger partial charge in [-0.2, -0.15) is 0 Å². The van der Waals surface area contributed by atoms with Crippen molar-refractivity contribution in [3.63, 3.8) is 0 Å². The van der Waals surface area contributed by atoms with Crippen molar-refractivity contribution in [2.45, 2.75) is 50.8 Å². The number of carbonyl (C=O) groups excluding carboxylic acids is 2. The molecule has 0 N–H and O–H groups in total. The summed E-state index contributed by atoms with van der Waals surface area (Å²) in [6.45, 7) is 12.0. The van der Waals surface area contributed by atoms with Crippen molar-refractivity contribution in [1.29, 1.82) is 0 Å². The maximum atomic E-state index is 13.2. The molecule has 3 fully saturated rings. The molecule has 3 aliphatic heterocycles. The lowest BCUT2D eigenvalue weighted by atomic mass is 9.90. The highest BCUT2D eigenvalue weighted by atomic mass is 16.5. The second-order valence-electron chi connectivity index (χ2n) is 7.37. The Morgan fingerprint density at radius 1 is 1.42 bits per heavy atom. The van der Waals surface area contributed by atoms with Gasteiger partial charge in [0.2, 0.25) is 5.91 Å². The number of hydrogen-bond donors (Lipinski definition) is 0. The molecular formula is C18H29N3O3. The van der Waals surface area contributed by atoms with E-state index in [9.17, 15) is 9.59 Å². The number of ether oxygens (including phenoxy) is 1. The van der Waals surface area contributed by atoms with Gasteiger partial charge in [-0.1, -0.05) is 6.08 Å². The predicted octanol–water partition coefficient (Wildman–Crippen LogP) is 0.875. The molecule has 6 nitrogen and oxygen atoms in total. The molecule has 3 saturated heterocycles. The van der Waals surface area contributed by atoms with Crippen molar-refractivity contribution >= 4 is 11.8 Å². The van der Waals surface area contributed by atoms with Gasteiger partial charge >= 0.3 is 0 Å². The van der Waals surface area contributed by atoms with E-state index in [0.29, 0.717) is 32.7 Å². The Hall–Kier alpha value is -1.40. The van der Waals surface area contributed by atoms with Crippen LogP contribution in [0.15, 0.2) is 12.7 Å². The van der Waals surface area contributed by atoms with Crippen molar-refractivity contribution < 1.29 is 14.3 Å². The van der Waals surface area contributed by atoms with Crippen molar-refractivity contribution in [3.8, 4) is 0 Å². The predicted molar refractivity (Wildman–Crippen MR) is 91.5 cm³/mol. The molecule has 0 radical (unpaired) electrons. The summed E-state index contributed by atoms with van der Waals surface area (Å²) in [5, 5.41) is 0. The summed E-state index contributed by atoms with van der Waals surface area (Å²) in [7, 11) is 0. The summed E-state index contributed by atoms with van der Waals surface area (Å²) in [4.78, 5) is 32.0. The lowest BCUT2D eigenvalue weighted by Gasteiger charge is -2.48. The topological polar surface area (TPSA) is 53.1 Å². The molecule has 3 heterocycles. The highest BCUT2D eigenvalue weighted by Crippen LogP contribution is 2.34. The van der Waals surface area contributed by atoms with Gasteiger partial charge in [0.25, 0.3) is 5.91 Å². The zero-order valence-corrected chi connectivity index (χ0v) is 14.9. The van der Waals surface area contributed by atoms with Crippen LogP contribution < -0.4 is 0 Å². The van der Waals surface area contributed by atoms with E-state index in [0.717, 1.165) is 25.9 Å². The molecule has 0 aliphatic carbocycles. The van der Waals surface area contributed by atoms with Gasteiger partial charge in [-0.3, -0.25) is 14.5 Å². The SMILES string of the molecule is C=CCN1CCN(C(C)C)C(=O)[C@]12CCN(C(=O)[C@@H]1CCCO1)C2. The lowest BCUT2D eigenvalue weighted by Crippen LogP contribution is -2.68. The van der Waals surface area contributed by atoms with Gasteiger partial charge in [0.05, 0.1) is 0 Å². The van der Waals surface area contributed by atoms with Crippen molar-refractivity contribution in [2.24, 2.45) is 0 Å². The Kier molecular flexibility index (Phi) is 4.97. The second kappa shape index (κ2) is 6.84. The molecule has 3 aliphatic rings. The molecule has 134 valence electrons. The fraction of sp³-hybridized carbons (Fsp3) is 0.778. The number of likely N-dealkylation sites (tertiary alicyclic amines) is 1. The van der Waals surface area contributed by atoms with Gasteiger partial charge < -0.3 is 14.5 Å². The Balaban J connectivity index is 1.80. The first-order chi connectivity index (χ1) is 11.5. The minimum atomic E-state index is -0.592. The summed E-state index contributed by atoms with van der Waals surface area (Å²) >= 11 is 0. The van der Waals surface area contributed by atoms with E-state index in [4.69, 9.17) is 4.74 Å². The van der Waals surface area contributed by atoms with Crippen molar-refractivity contribution in [3.05, 3.63) is 12.7 Å². The fourth-order valence-corrected chi connectivity index (χ4v) is 4.25. The Labute approximate surface area is 144 Å². The summed E-state index contributed by atoms with van der Waals surface area (Å²) in [6.07, 6.45) is 3.97. The first-order valence-corrected chi connectivity index (χ1v) is 9.07. The number of rotatable bonds is 4. The van der Waals surface area contributed by atoms with Gasteiger partial charge in [-0.05, 0) is 33.1 Å². The first kappa shape index (κ1) is 17.4. The van der Waals surface area contributed by atoms with Crippen LogP contribution in [-0.4, -0.2) is 83.5 Å². The van der Waals surface area contributed by atoms with E-state index < -0.39 is 5.54 Å². The zero-order valence-electron chi connectivity index (χ0n) is 14.9. The smallest absolute Gasteiger partial charge is 0.251 e. The minimum absolute atomic E-state index is 0.0531. The van der Waals surface area contributed by atoms with Crippen LogP contribution in [0, 0.1) is 0 Å². The second-order valence-corrected chi connectivity index (χ2v) is 7.37. The van der Waals surface area contributed by atoms with Gasteiger partial charge in [0.1, 0.15) is 11.6 Å². The van der Waals surface area contributed by atoms with E-state index in [2.05, 4.69) is 25.3 Å². The van der Waals surface area contributed by atoms with Crippen LogP contribution in [0.2, 0.25) is 0 Å². The summed E-state index contributed by atoms with van der Waals surface area (Å²) in [6, 6.07) is 0.183. The quantitative estimate of drug-likeness (QED) is 0.716. The Bertz CT molecular complexity index is 516. The van der Waals surface area contributed by atoms with Crippen LogP contribution in [0.25, 0.3) is 0 Å². The molecular weight excluding hydrogens is 306 g/mol. The molecule has 0 saturated carbocycles. The lowest BCUT2D eigenvalue weighted by molar-refractivity contribution is -0.153. The summed E-state index contributed by atoms with van der Waals surface area (Å²) < 4.78 is 5.55. The van der Waals surface area contributed by atoms with E-state index in [1.54, 1.807) is 0 Å². The normalized spacial score (nSPS) is 31.5. The van der Waals surface area contributed by atoms with E-state index in [-0.39, 0.29) is 24.0 Å². The van der Waals surface area contributed by atoms with Crippen LogP contribution in [-0.2, 0) is 14.3 Å². The molecule has 0 bridgehead atoms. The van der Waals surface area contributed by atoms with Gasteiger partial charge in [-0.15, -0.1) is 6.58 Å². The van der Waals surface area contributed by atoms with Crippen LogP contribution in [0.4, 0.5) is 0 Å². The maximum absolute atomic E-state index is 13.2. The molecule has 0 aromatic carbocycles. The fourth-order valence-electron chi connectivity index (χ4n) is 4.25. The van der Waals surface area contributed by atoms with Gasteiger partial charge in [0.15, 0.2) is 0 Å². The molecule has 3 rings (SSSR count). The molecule has 0 unspecified atom stereocenters. The number of piperazine rings is 1. The number of nitrogens with zero attached hydrogens (tertiary/aromatic N) is 3. The number of hydrogen-bond acceptors (Lipinski definition) is 4. The molecule has 24 heavy (non-hydrogen) atoms. The Morgan fingerprint density at radius 3 is 2.83 bits per heavy atom. The highest BCUT2D eigenvalue weighted by Gasteiger charge is 2.54. The maximum Gasteiger partial charge on any atom is 0.251 e. The molecule has 2 amide bonds. The number of carbonyl (C=O) groups is 2. The first-order valence-electron chi connectivity index (χ1n) is 9.07. The molecule has 2 atom stereocenters. The average molecular weight is 335 g/mol. The summed E-state index contributed by atoms with van der Waals surface area (Å²) in [5.74, 6) is 0.214. The molecule has 6 heteroatoms. The third-order valence-electron chi connectivity index (χ3n) is 5.61. The summed E-state index contributed by atoms with van der Waals surface area (Å²) in [5.41, 5.74) is -0.592. The minimum Gasteiger partial charge on any atom is -0.368 e. The van der Waals surface area contributed by atoms with Gasteiger partial charge in [-0.25, -0.2) is 0 Å². The molecule has 0 aromatic heterocycles. The van der Waals surface area contributed by atoms with Crippen LogP contribution in [0.5, 0.6) is 0 Å². The zero-order chi connectivity index (χ0) is 17.3. The number of amides is 2. The monoisotopic (exact) mass is 335 g/mol. The molecule has 0 aromatic rings. The highest BCUT2D eigenvalue weighted by molar-refractivity contribution is 5.90. The third-order valence-corrected chi connectivity index (χ3v) is 5.61. The van der Waals surface area contributed by atoms with E-state index in [1.165, 1.54) is 0 Å². The van der Waals surface area contributed by atoms with Crippen molar-refractivity contribution in [2.75, 3.05) is 39.3 Å². The Morgan fingerprint density at radius 2 is 2.21 bits per heavy atom. The standard InChI is InChI=1S/C18H29N3O3/c1-4-8-20-10-11-21(14(2)3)17(23)18(20)7-9-19(13-18)16(22)15-6-5-12-24-15/h4,14-15H,1,5-13H2,2-3H3/t15-,18+/m0/s1. The van der Waals surface area contributed by atoms with E-state index in [1.807, 2.05) is 15.9 Å². The van der Waals surface area contributed by atoms with Crippen molar-refractivity contribution in [1.82, 2.24) is 14.7 Å².